The number of nitrogens with zero attached hydrogens (tertiary/aromatic N) is 3. The van der Waals surface area contributed by atoms with Crippen molar-refractivity contribution >= 4 is 46.8 Å². The molecular formula is C32H37N3O7. The van der Waals surface area contributed by atoms with Gasteiger partial charge in [0.25, 0.3) is 0 Å². The summed E-state index contributed by atoms with van der Waals surface area (Å²) in [6.45, 7) is 4.92. The molecule has 2 saturated carbocycles. The summed E-state index contributed by atoms with van der Waals surface area (Å²) in [5.74, 6) is -3.28. The van der Waals surface area contributed by atoms with Crippen molar-refractivity contribution in [1.29, 1.82) is 0 Å². The minimum absolute atomic E-state index is 0.226. The summed E-state index contributed by atoms with van der Waals surface area (Å²) >= 11 is 0. The number of imide groups is 2. The van der Waals surface area contributed by atoms with Crippen molar-refractivity contribution in [2.45, 2.75) is 77.7 Å². The number of anilines is 1. The monoisotopic (exact) mass is 575 g/mol. The summed E-state index contributed by atoms with van der Waals surface area (Å²) in [7, 11) is 0. The average molecular weight is 576 g/mol. The van der Waals surface area contributed by atoms with E-state index in [1.165, 1.54) is 0 Å². The Morgan fingerprint density at radius 3 is 1.76 bits per heavy atom. The molecule has 10 nitrogen and oxygen atoms in total. The molecule has 4 atom stereocenters. The highest BCUT2D eigenvalue weighted by Gasteiger charge is 2.50. The van der Waals surface area contributed by atoms with Crippen LogP contribution < -0.4 is 9.64 Å². The number of hydrogen-bond donors (Lipinski definition) is 0. The van der Waals surface area contributed by atoms with Crippen LogP contribution in [0.15, 0.2) is 24.3 Å². The lowest BCUT2D eigenvalue weighted by atomic mass is 9.81. The lowest BCUT2D eigenvalue weighted by Gasteiger charge is -2.42. The van der Waals surface area contributed by atoms with Gasteiger partial charge in [0.1, 0.15) is 18.8 Å². The first-order valence-electron chi connectivity index (χ1n) is 15.1. The van der Waals surface area contributed by atoms with Gasteiger partial charge in [0, 0.05) is 5.56 Å². The molecule has 4 fully saturated rings. The predicted octanol–water partition coefficient (Wildman–Crippen LogP) is 3.47. The molecule has 10 heteroatoms. The highest BCUT2D eigenvalue weighted by molar-refractivity contribution is 6.10. The van der Waals surface area contributed by atoms with Gasteiger partial charge in [-0.05, 0) is 70.2 Å². The van der Waals surface area contributed by atoms with Crippen molar-refractivity contribution in [3.63, 3.8) is 0 Å². The van der Waals surface area contributed by atoms with Gasteiger partial charge in [0.05, 0.1) is 34.9 Å². The van der Waals surface area contributed by atoms with Gasteiger partial charge in [-0.3, -0.25) is 33.8 Å². The number of allylic oxidation sites excluding steroid dienone is 1. The summed E-state index contributed by atoms with van der Waals surface area (Å²) in [6.07, 6.45) is 8.27. The first kappa shape index (κ1) is 28.3. The first-order chi connectivity index (χ1) is 20.0. The number of carbonyl (C=O) groups excluding carboxylic acids is 6. The minimum atomic E-state index is -0.738. The van der Waals surface area contributed by atoms with E-state index in [1.807, 2.05) is 26.8 Å². The van der Waals surface area contributed by atoms with E-state index in [2.05, 4.69) is 0 Å². The number of ether oxygens (including phenoxy) is 1. The first-order valence-corrected chi connectivity index (χ1v) is 15.1. The fraction of sp³-hybridized carbons (Fsp3) is 0.562. The summed E-state index contributed by atoms with van der Waals surface area (Å²) in [5.41, 5.74) is 1.37. The molecule has 5 aliphatic rings. The van der Waals surface area contributed by atoms with Crippen molar-refractivity contribution in [3.05, 3.63) is 29.8 Å². The fourth-order valence-corrected chi connectivity index (χ4v) is 7.80. The second kappa shape index (κ2) is 10.5. The van der Waals surface area contributed by atoms with Crippen LogP contribution in [0.25, 0.3) is 5.57 Å². The molecule has 1 aromatic rings. The minimum Gasteiger partial charge on any atom is -0.425 e. The fourth-order valence-electron chi connectivity index (χ4n) is 7.80. The smallest absolute Gasteiger partial charge is 0.331 e. The van der Waals surface area contributed by atoms with Gasteiger partial charge in [-0.25, -0.2) is 4.79 Å². The zero-order chi connectivity index (χ0) is 29.9. The Labute approximate surface area is 245 Å². The lowest BCUT2D eigenvalue weighted by molar-refractivity contribution is -0.148. The number of carbonyl (C=O) groups is 6. The molecule has 6 rings (SSSR count). The largest absolute Gasteiger partial charge is 0.425 e. The standard InChI is InChI=1S/C32H37N3O7/c1-18-15-32(2,3)35(26(36)16-33-28(38)20-8-4-5-9-21(20)29(33)39)25-13-12-19(14-24(18)25)42-27(37)17-34-30(40)22-10-6-7-11-23(22)31(34)41/h12-15,20-23H,4-11,16-17H2,1-3H3/t20-,21+,22-,23-/m0/s1. The Morgan fingerprint density at radius 1 is 0.786 bits per heavy atom. The zero-order valence-corrected chi connectivity index (χ0v) is 24.4. The van der Waals surface area contributed by atoms with Crippen LogP contribution in [0.5, 0.6) is 5.75 Å². The maximum atomic E-state index is 13.8. The Morgan fingerprint density at radius 2 is 1.26 bits per heavy atom. The van der Waals surface area contributed by atoms with Crippen LogP contribution in [-0.4, -0.2) is 63.9 Å². The van der Waals surface area contributed by atoms with Gasteiger partial charge < -0.3 is 9.64 Å². The number of amides is 5. The molecule has 0 bridgehead atoms. The second-order valence-electron chi connectivity index (χ2n) is 12.9. The highest BCUT2D eigenvalue weighted by Crippen LogP contribution is 2.42. The van der Waals surface area contributed by atoms with Gasteiger partial charge in [-0.15, -0.1) is 0 Å². The summed E-state index contributed by atoms with van der Waals surface area (Å²) in [6, 6.07) is 4.91. The number of hydrogen-bond acceptors (Lipinski definition) is 7. The van der Waals surface area contributed by atoms with Crippen LogP contribution in [0.4, 0.5) is 5.69 Å². The van der Waals surface area contributed by atoms with E-state index in [-0.39, 0.29) is 65.5 Å². The van der Waals surface area contributed by atoms with E-state index in [0.717, 1.165) is 41.1 Å². The third-order valence-electron chi connectivity index (χ3n) is 9.71. The summed E-state index contributed by atoms with van der Waals surface area (Å²) in [4.78, 5) is 82.0. The Bertz CT molecular complexity index is 1380. The van der Waals surface area contributed by atoms with Crippen LogP contribution in [-0.2, 0) is 28.8 Å². The summed E-state index contributed by atoms with van der Waals surface area (Å²) < 4.78 is 5.57. The normalized spacial score (nSPS) is 28.4. The number of rotatable bonds is 5. The third-order valence-corrected chi connectivity index (χ3v) is 9.71. The number of esters is 1. The van der Waals surface area contributed by atoms with Crippen molar-refractivity contribution in [2.75, 3.05) is 18.0 Å². The van der Waals surface area contributed by atoms with Crippen molar-refractivity contribution in [2.24, 2.45) is 23.7 Å². The third kappa shape index (κ3) is 4.65. The second-order valence-corrected chi connectivity index (χ2v) is 12.9. The van der Waals surface area contributed by atoms with E-state index in [0.29, 0.717) is 36.9 Å². The molecule has 0 spiro atoms. The average Bonchev–Trinajstić information content (AvgIpc) is 3.33. The Kier molecular flexibility index (Phi) is 7.06. The van der Waals surface area contributed by atoms with Gasteiger partial charge in [-0.2, -0.15) is 0 Å². The molecule has 3 heterocycles. The molecule has 0 radical (unpaired) electrons. The van der Waals surface area contributed by atoms with Crippen LogP contribution in [0, 0.1) is 23.7 Å². The predicted molar refractivity (Wildman–Crippen MR) is 152 cm³/mol. The van der Waals surface area contributed by atoms with Gasteiger partial charge in [0.2, 0.25) is 29.5 Å². The molecule has 0 N–H and O–H groups in total. The van der Waals surface area contributed by atoms with E-state index >= 15 is 0 Å². The molecule has 3 aliphatic heterocycles. The van der Waals surface area contributed by atoms with Crippen LogP contribution in [0.1, 0.15) is 77.7 Å². The molecule has 2 aliphatic carbocycles. The van der Waals surface area contributed by atoms with E-state index in [9.17, 15) is 28.8 Å². The van der Waals surface area contributed by atoms with Crippen molar-refractivity contribution in [3.8, 4) is 5.75 Å². The molecule has 2 saturated heterocycles. The quantitative estimate of drug-likeness (QED) is 0.299. The topological polar surface area (TPSA) is 121 Å². The SMILES string of the molecule is CC1=CC(C)(C)N(C(=O)CN2C(=O)[C@H]3CCCC[C@H]3C2=O)c2ccc(OC(=O)CN3C(=O)[C@H]4CCCC[C@@H]4C3=O)cc21. The van der Waals surface area contributed by atoms with Gasteiger partial charge >= 0.3 is 5.97 Å². The molecule has 222 valence electrons. The lowest BCUT2D eigenvalue weighted by Crippen LogP contribution is -2.53. The molecule has 0 unspecified atom stereocenters. The zero-order valence-electron chi connectivity index (χ0n) is 24.4. The van der Waals surface area contributed by atoms with Crippen molar-refractivity contribution < 1.29 is 33.5 Å². The summed E-state index contributed by atoms with van der Waals surface area (Å²) in [5, 5.41) is 0. The van der Waals surface area contributed by atoms with Crippen molar-refractivity contribution in [1.82, 2.24) is 9.80 Å². The van der Waals surface area contributed by atoms with Crippen LogP contribution in [0.3, 0.4) is 0 Å². The number of benzene rings is 1. The van der Waals surface area contributed by atoms with E-state index in [4.69, 9.17) is 4.74 Å². The highest BCUT2D eigenvalue weighted by atomic mass is 16.5. The molecule has 0 aromatic heterocycles. The van der Waals surface area contributed by atoms with E-state index in [1.54, 1.807) is 23.1 Å². The Hall–Kier alpha value is -3.82. The van der Waals surface area contributed by atoms with Gasteiger partial charge in [0.15, 0.2) is 0 Å². The molecule has 5 amide bonds. The number of likely N-dealkylation sites (tertiary alicyclic amines) is 2. The number of fused-ring (bicyclic) bond motifs is 3. The van der Waals surface area contributed by atoms with E-state index < -0.39 is 18.1 Å². The maximum Gasteiger partial charge on any atom is 0.331 e. The maximum absolute atomic E-state index is 13.8. The molecular weight excluding hydrogens is 538 g/mol. The van der Waals surface area contributed by atoms with Gasteiger partial charge in [-0.1, -0.05) is 31.8 Å². The molecule has 42 heavy (non-hydrogen) atoms. The Balaban J connectivity index is 1.19. The van der Waals surface area contributed by atoms with Crippen LogP contribution >= 0.6 is 0 Å². The van der Waals surface area contributed by atoms with Crippen LogP contribution in [0.2, 0.25) is 0 Å². The molecule has 1 aromatic carbocycles.